The topological polar surface area (TPSA) is 70.6 Å². The van der Waals surface area contributed by atoms with E-state index in [2.05, 4.69) is 17.4 Å². The maximum absolute atomic E-state index is 13.0. The molecule has 0 unspecified atom stereocenters. The highest BCUT2D eigenvalue weighted by molar-refractivity contribution is 5.98. The standard InChI is InChI=1S/C11H16FN3O/c1-2-5-14-7-8-3-4-9(12)6-10(8)11(13)15-16/h3-4,6,14,16H,2,5,7H2,1H3,(H2,13,15). The summed E-state index contributed by atoms with van der Waals surface area (Å²) in [4.78, 5) is 0. The summed E-state index contributed by atoms with van der Waals surface area (Å²) in [5, 5.41) is 14.7. The summed E-state index contributed by atoms with van der Waals surface area (Å²) in [5.41, 5.74) is 6.71. The number of rotatable bonds is 5. The minimum absolute atomic E-state index is 0.0761. The van der Waals surface area contributed by atoms with Gasteiger partial charge in [0.15, 0.2) is 5.84 Å². The zero-order chi connectivity index (χ0) is 12.0. The summed E-state index contributed by atoms with van der Waals surface area (Å²) < 4.78 is 13.0. The van der Waals surface area contributed by atoms with Gasteiger partial charge in [-0.25, -0.2) is 4.39 Å². The van der Waals surface area contributed by atoms with Gasteiger partial charge in [-0.1, -0.05) is 18.1 Å². The van der Waals surface area contributed by atoms with E-state index in [4.69, 9.17) is 10.9 Å². The smallest absolute Gasteiger partial charge is 0.170 e. The van der Waals surface area contributed by atoms with Crippen molar-refractivity contribution in [1.29, 1.82) is 0 Å². The second kappa shape index (κ2) is 6.07. The Morgan fingerprint density at radius 1 is 1.56 bits per heavy atom. The van der Waals surface area contributed by atoms with E-state index in [9.17, 15) is 4.39 Å². The largest absolute Gasteiger partial charge is 0.409 e. The van der Waals surface area contributed by atoms with Gasteiger partial charge in [0.05, 0.1) is 0 Å². The molecule has 16 heavy (non-hydrogen) atoms. The van der Waals surface area contributed by atoms with Crippen molar-refractivity contribution in [2.75, 3.05) is 6.54 Å². The maximum atomic E-state index is 13.0. The predicted molar refractivity (Wildman–Crippen MR) is 60.9 cm³/mol. The van der Waals surface area contributed by atoms with Crippen LogP contribution in [-0.2, 0) is 6.54 Å². The van der Waals surface area contributed by atoms with Crippen molar-refractivity contribution < 1.29 is 9.60 Å². The molecule has 0 aromatic heterocycles. The Morgan fingerprint density at radius 3 is 2.94 bits per heavy atom. The first-order valence-electron chi connectivity index (χ1n) is 5.16. The van der Waals surface area contributed by atoms with Crippen LogP contribution in [0.25, 0.3) is 0 Å². The highest BCUT2D eigenvalue weighted by Gasteiger charge is 2.08. The molecule has 0 aliphatic heterocycles. The molecule has 4 N–H and O–H groups in total. The second-order valence-electron chi connectivity index (χ2n) is 3.46. The molecule has 5 heteroatoms. The van der Waals surface area contributed by atoms with E-state index in [1.807, 2.05) is 0 Å². The van der Waals surface area contributed by atoms with Crippen LogP contribution in [0, 0.1) is 5.82 Å². The van der Waals surface area contributed by atoms with Crippen molar-refractivity contribution in [3.63, 3.8) is 0 Å². The first-order chi connectivity index (χ1) is 7.69. The van der Waals surface area contributed by atoms with Crippen LogP contribution in [0.15, 0.2) is 23.4 Å². The Kier molecular flexibility index (Phi) is 4.72. The fraction of sp³-hybridized carbons (Fsp3) is 0.364. The molecule has 0 saturated carbocycles. The lowest BCUT2D eigenvalue weighted by Gasteiger charge is -2.09. The van der Waals surface area contributed by atoms with Crippen molar-refractivity contribution in [3.05, 3.63) is 35.1 Å². The Balaban J connectivity index is 2.89. The van der Waals surface area contributed by atoms with Gasteiger partial charge in [-0.3, -0.25) is 0 Å². The van der Waals surface area contributed by atoms with Gasteiger partial charge in [0.1, 0.15) is 5.82 Å². The van der Waals surface area contributed by atoms with Crippen molar-refractivity contribution in [1.82, 2.24) is 5.32 Å². The van der Waals surface area contributed by atoms with Crippen LogP contribution in [-0.4, -0.2) is 17.6 Å². The number of halogens is 1. The van der Waals surface area contributed by atoms with E-state index in [0.717, 1.165) is 18.5 Å². The van der Waals surface area contributed by atoms with Gasteiger partial charge in [0.2, 0.25) is 0 Å². The van der Waals surface area contributed by atoms with Crippen LogP contribution in [0.1, 0.15) is 24.5 Å². The van der Waals surface area contributed by atoms with Gasteiger partial charge in [-0.05, 0) is 30.7 Å². The number of nitrogens with one attached hydrogen (secondary N) is 1. The molecular formula is C11H16FN3O. The van der Waals surface area contributed by atoms with Gasteiger partial charge in [-0.15, -0.1) is 0 Å². The number of benzene rings is 1. The molecule has 0 radical (unpaired) electrons. The number of oxime groups is 1. The first-order valence-corrected chi connectivity index (χ1v) is 5.16. The number of amidine groups is 1. The van der Waals surface area contributed by atoms with Crippen molar-refractivity contribution in [2.45, 2.75) is 19.9 Å². The lowest BCUT2D eigenvalue weighted by molar-refractivity contribution is 0.318. The molecule has 0 amide bonds. The van der Waals surface area contributed by atoms with Crippen LogP contribution in [0.3, 0.4) is 0 Å². The lowest BCUT2D eigenvalue weighted by Crippen LogP contribution is -2.20. The quantitative estimate of drug-likeness (QED) is 0.233. The molecule has 1 rings (SSSR count). The summed E-state index contributed by atoms with van der Waals surface area (Å²) in [7, 11) is 0. The average Bonchev–Trinajstić information content (AvgIpc) is 2.30. The van der Waals surface area contributed by atoms with Crippen LogP contribution in [0.2, 0.25) is 0 Å². The van der Waals surface area contributed by atoms with E-state index < -0.39 is 5.82 Å². The summed E-state index contributed by atoms with van der Waals surface area (Å²) >= 11 is 0. The molecule has 0 spiro atoms. The van der Waals surface area contributed by atoms with Gasteiger partial charge < -0.3 is 16.3 Å². The molecular weight excluding hydrogens is 209 g/mol. The van der Waals surface area contributed by atoms with Crippen LogP contribution in [0.4, 0.5) is 4.39 Å². The van der Waals surface area contributed by atoms with E-state index in [-0.39, 0.29) is 5.84 Å². The van der Waals surface area contributed by atoms with Gasteiger partial charge in [-0.2, -0.15) is 0 Å². The van der Waals surface area contributed by atoms with Crippen LogP contribution >= 0.6 is 0 Å². The van der Waals surface area contributed by atoms with Gasteiger partial charge in [0.25, 0.3) is 0 Å². The maximum Gasteiger partial charge on any atom is 0.170 e. The van der Waals surface area contributed by atoms with Crippen molar-refractivity contribution in [3.8, 4) is 0 Å². The Bertz CT molecular complexity index is 379. The third kappa shape index (κ3) is 3.20. The van der Waals surface area contributed by atoms with Crippen molar-refractivity contribution >= 4 is 5.84 Å². The SMILES string of the molecule is CCCNCc1ccc(F)cc1C(N)=NO. The Hall–Kier alpha value is -1.62. The minimum Gasteiger partial charge on any atom is -0.409 e. The van der Waals surface area contributed by atoms with E-state index >= 15 is 0 Å². The fourth-order valence-electron chi connectivity index (χ4n) is 1.39. The monoisotopic (exact) mass is 225 g/mol. The Labute approximate surface area is 94.0 Å². The number of hydrogen-bond acceptors (Lipinski definition) is 3. The molecule has 0 bridgehead atoms. The molecule has 1 aromatic rings. The average molecular weight is 225 g/mol. The highest BCUT2D eigenvalue weighted by atomic mass is 19.1. The van der Waals surface area contributed by atoms with E-state index in [0.29, 0.717) is 12.1 Å². The molecule has 1 aromatic carbocycles. The second-order valence-corrected chi connectivity index (χ2v) is 3.46. The predicted octanol–water partition coefficient (Wildman–Crippen LogP) is 1.42. The molecule has 0 heterocycles. The summed E-state index contributed by atoms with van der Waals surface area (Å²) in [5.74, 6) is -0.478. The molecule has 0 saturated heterocycles. The fourth-order valence-corrected chi connectivity index (χ4v) is 1.39. The zero-order valence-corrected chi connectivity index (χ0v) is 9.20. The third-order valence-corrected chi connectivity index (χ3v) is 2.20. The zero-order valence-electron chi connectivity index (χ0n) is 9.20. The molecule has 0 aliphatic carbocycles. The molecule has 0 atom stereocenters. The van der Waals surface area contributed by atoms with E-state index in [1.165, 1.54) is 12.1 Å². The third-order valence-electron chi connectivity index (χ3n) is 2.20. The van der Waals surface area contributed by atoms with Crippen molar-refractivity contribution in [2.24, 2.45) is 10.9 Å². The lowest BCUT2D eigenvalue weighted by atomic mass is 10.1. The van der Waals surface area contributed by atoms with Crippen LogP contribution < -0.4 is 11.1 Å². The molecule has 4 nitrogen and oxygen atoms in total. The van der Waals surface area contributed by atoms with Gasteiger partial charge in [0, 0.05) is 12.1 Å². The molecule has 0 aliphatic rings. The summed E-state index contributed by atoms with van der Waals surface area (Å²) in [6.07, 6.45) is 1.01. The van der Waals surface area contributed by atoms with E-state index in [1.54, 1.807) is 6.07 Å². The highest BCUT2D eigenvalue weighted by Crippen LogP contribution is 2.11. The normalized spacial score (nSPS) is 11.8. The Morgan fingerprint density at radius 2 is 2.31 bits per heavy atom. The number of nitrogens with zero attached hydrogens (tertiary/aromatic N) is 1. The molecule has 0 fully saturated rings. The summed E-state index contributed by atoms with van der Waals surface area (Å²) in [6, 6.07) is 4.25. The van der Waals surface area contributed by atoms with Gasteiger partial charge >= 0.3 is 0 Å². The van der Waals surface area contributed by atoms with Crippen LogP contribution in [0.5, 0.6) is 0 Å². The molecule has 88 valence electrons. The number of hydrogen-bond donors (Lipinski definition) is 3. The summed E-state index contributed by atoms with van der Waals surface area (Å²) in [6.45, 7) is 3.49. The number of nitrogens with two attached hydrogens (primary N) is 1. The minimum atomic E-state index is -0.402. The first kappa shape index (κ1) is 12.4.